The maximum absolute atomic E-state index is 4.51. The summed E-state index contributed by atoms with van der Waals surface area (Å²) >= 11 is 1.67. The molecule has 6 nitrogen and oxygen atoms in total. The third-order valence-electron chi connectivity index (χ3n) is 3.77. The summed E-state index contributed by atoms with van der Waals surface area (Å²) in [5, 5.41) is 10.9. The zero-order valence-electron chi connectivity index (χ0n) is 14.7. The number of thiazole rings is 1. The van der Waals surface area contributed by atoms with Crippen molar-refractivity contribution in [3.05, 3.63) is 64.4 Å². The van der Waals surface area contributed by atoms with Gasteiger partial charge in [-0.1, -0.05) is 12.1 Å². The zero-order chi connectivity index (χ0) is 17.6. The van der Waals surface area contributed by atoms with Crippen molar-refractivity contribution in [2.75, 3.05) is 14.1 Å². The molecular formula is C18H22N6S. The smallest absolute Gasteiger partial charge is 0.194 e. The van der Waals surface area contributed by atoms with E-state index in [0.29, 0.717) is 6.54 Å². The SMILES string of the molecule is CN=C(NCc1cccc(-n2cccn2)c1)N(C)Cc1csc(C)n1. The van der Waals surface area contributed by atoms with Crippen LogP contribution in [0.15, 0.2) is 53.1 Å². The van der Waals surface area contributed by atoms with Crippen molar-refractivity contribution in [3.63, 3.8) is 0 Å². The number of rotatable bonds is 5. The molecule has 0 saturated heterocycles. The Balaban J connectivity index is 1.62. The minimum absolute atomic E-state index is 0.697. The van der Waals surface area contributed by atoms with Gasteiger partial charge in [-0.25, -0.2) is 9.67 Å². The van der Waals surface area contributed by atoms with Crippen LogP contribution in [0.5, 0.6) is 0 Å². The molecule has 1 aromatic carbocycles. The summed E-state index contributed by atoms with van der Waals surface area (Å²) in [7, 11) is 3.81. The Morgan fingerprint density at radius 2 is 2.24 bits per heavy atom. The Morgan fingerprint density at radius 3 is 2.92 bits per heavy atom. The van der Waals surface area contributed by atoms with Crippen molar-refractivity contribution in [3.8, 4) is 5.69 Å². The average Bonchev–Trinajstić information content (AvgIpc) is 3.28. The van der Waals surface area contributed by atoms with Crippen LogP contribution in [-0.2, 0) is 13.1 Å². The van der Waals surface area contributed by atoms with Gasteiger partial charge in [0.2, 0.25) is 0 Å². The van der Waals surface area contributed by atoms with Crippen molar-refractivity contribution in [1.29, 1.82) is 0 Å². The molecule has 2 aromatic heterocycles. The number of aliphatic imine (C=N–C) groups is 1. The molecule has 0 spiro atoms. The lowest BCUT2D eigenvalue weighted by molar-refractivity contribution is 0.470. The summed E-state index contributed by atoms with van der Waals surface area (Å²) in [6, 6.07) is 10.2. The molecule has 0 atom stereocenters. The quantitative estimate of drug-likeness (QED) is 0.565. The lowest BCUT2D eigenvalue weighted by atomic mass is 10.2. The normalized spacial score (nSPS) is 11.6. The number of nitrogens with one attached hydrogen (secondary N) is 1. The molecule has 7 heteroatoms. The third-order valence-corrected chi connectivity index (χ3v) is 4.59. The summed E-state index contributed by atoms with van der Waals surface area (Å²) < 4.78 is 1.86. The molecule has 1 N–H and O–H groups in total. The summed E-state index contributed by atoms with van der Waals surface area (Å²) in [6.07, 6.45) is 3.72. The highest BCUT2D eigenvalue weighted by atomic mass is 32.1. The lowest BCUT2D eigenvalue weighted by Gasteiger charge is -2.21. The minimum atomic E-state index is 0.697. The molecule has 3 rings (SSSR count). The van der Waals surface area contributed by atoms with E-state index in [1.807, 2.05) is 43.0 Å². The Morgan fingerprint density at radius 1 is 1.36 bits per heavy atom. The molecule has 0 aliphatic heterocycles. The first-order valence-corrected chi connectivity index (χ1v) is 8.95. The Bertz CT molecular complexity index is 837. The van der Waals surface area contributed by atoms with Crippen molar-refractivity contribution >= 4 is 17.3 Å². The predicted octanol–water partition coefficient (Wildman–Crippen LogP) is 2.84. The molecule has 2 heterocycles. The second kappa shape index (κ2) is 7.94. The van der Waals surface area contributed by atoms with E-state index >= 15 is 0 Å². The van der Waals surface area contributed by atoms with Gasteiger partial charge in [-0.3, -0.25) is 4.99 Å². The van der Waals surface area contributed by atoms with Crippen molar-refractivity contribution in [2.24, 2.45) is 4.99 Å². The molecular weight excluding hydrogens is 332 g/mol. The minimum Gasteiger partial charge on any atom is -0.352 e. The number of aromatic nitrogens is 3. The van der Waals surface area contributed by atoms with Crippen LogP contribution in [-0.4, -0.2) is 39.7 Å². The number of hydrogen-bond donors (Lipinski definition) is 1. The first kappa shape index (κ1) is 17.2. The van der Waals surface area contributed by atoms with Crippen LogP contribution >= 0.6 is 11.3 Å². The van der Waals surface area contributed by atoms with E-state index in [2.05, 4.69) is 42.8 Å². The highest BCUT2D eigenvalue weighted by Gasteiger charge is 2.09. The topological polar surface area (TPSA) is 58.3 Å². The molecule has 0 aliphatic rings. The Kier molecular flexibility index (Phi) is 5.45. The van der Waals surface area contributed by atoms with Crippen LogP contribution in [0.4, 0.5) is 0 Å². The van der Waals surface area contributed by atoms with E-state index in [4.69, 9.17) is 0 Å². The van der Waals surface area contributed by atoms with Gasteiger partial charge in [-0.05, 0) is 30.7 Å². The maximum Gasteiger partial charge on any atom is 0.194 e. The fraction of sp³-hybridized carbons (Fsp3) is 0.278. The van der Waals surface area contributed by atoms with Gasteiger partial charge in [0.05, 0.1) is 22.9 Å². The van der Waals surface area contributed by atoms with E-state index < -0.39 is 0 Å². The van der Waals surface area contributed by atoms with Gasteiger partial charge in [-0.15, -0.1) is 11.3 Å². The summed E-state index contributed by atoms with van der Waals surface area (Å²) in [5.41, 5.74) is 3.28. The molecule has 0 fully saturated rings. The highest BCUT2D eigenvalue weighted by molar-refractivity contribution is 7.09. The molecule has 0 aliphatic carbocycles. The molecule has 0 bridgehead atoms. The predicted molar refractivity (Wildman–Crippen MR) is 102 cm³/mol. The molecule has 0 radical (unpaired) electrons. The number of hydrogen-bond acceptors (Lipinski definition) is 4. The van der Waals surface area contributed by atoms with Gasteiger partial charge in [0.15, 0.2) is 5.96 Å². The van der Waals surface area contributed by atoms with Gasteiger partial charge in [0.1, 0.15) is 0 Å². The maximum atomic E-state index is 4.51. The molecule has 0 amide bonds. The Hall–Kier alpha value is -2.67. The molecule has 0 unspecified atom stereocenters. The van der Waals surface area contributed by atoms with Gasteiger partial charge >= 0.3 is 0 Å². The fourth-order valence-corrected chi connectivity index (χ4v) is 3.20. The van der Waals surface area contributed by atoms with Crippen molar-refractivity contribution in [1.82, 2.24) is 25.0 Å². The van der Waals surface area contributed by atoms with Crippen LogP contribution in [0.25, 0.3) is 5.69 Å². The van der Waals surface area contributed by atoms with E-state index in [-0.39, 0.29) is 0 Å². The third kappa shape index (κ3) is 4.45. The van der Waals surface area contributed by atoms with Gasteiger partial charge in [-0.2, -0.15) is 5.10 Å². The van der Waals surface area contributed by atoms with E-state index in [0.717, 1.165) is 28.9 Å². The number of guanidine groups is 1. The van der Waals surface area contributed by atoms with Crippen molar-refractivity contribution < 1.29 is 0 Å². The van der Waals surface area contributed by atoms with Gasteiger partial charge in [0.25, 0.3) is 0 Å². The van der Waals surface area contributed by atoms with Crippen LogP contribution < -0.4 is 5.32 Å². The highest BCUT2D eigenvalue weighted by Crippen LogP contribution is 2.11. The van der Waals surface area contributed by atoms with Gasteiger partial charge in [0, 0.05) is 38.4 Å². The first-order valence-electron chi connectivity index (χ1n) is 8.07. The monoisotopic (exact) mass is 354 g/mol. The Labute approximate surface area is 151 Å². The second-order valence-electron chi connectivity index (χ2n) is 5.74. The standard InChI is InChI=1S/C18H22N6S/c1-14-22-16(13-25-14)12-23(3)18(19-2)20-11-15-6-4-7-17(10-15)24-9-5-8-21-24/h4-10,13H,11-12H2,1-3H3,(H,19,20). The summed E-state index contributed by atoms with van der Waals surface area (Å²) in [5.74, 6) is 0.843. The zero-order valence-corrected chi connectivity index (χ0v) is 15.5. The van der Waals surface area contributed by atoms with Crippen LogP contribution in [0.3, 0.4) is 0 Å². The second-order valence-corrected chi connectivity index (χ2v) is 6.80. The largest absolute Gasteiger partial charge is 0.352 e. The number of aryl methyl sites for hydroxylation is 1. The average molecular weight is 354 g/mol. The molecule has 0 saturated carbocycles. The summed E-state index contributed by atoms with van der Waals surface area (Å²) in [6.45, 7) is 3.45. The number of nitrogens with zero attached hydrogens (tertiary/aromatic N) is 5. The van der Waals surface area contributed by atoms with E-state index in [9.17, 15) is 0 Å². The molecule has 3 aromatic rings. The molecule has 130 valence electrons. The van der Waals surface area contributed by atoms with Crippen LogP contribution in [0.2, 0.25) is 0 Å². The van der Waals surface area contributed by atoms with E-state index in [1.165, 1.54) is 5.56 Å². The fourth-order valence-electron chi connectivity index (χ4n) is 2.60. The van der Waals surface area contributed by atoms with Crippen LogP contribution in [0.1, 0.15) is 16.3 Å². The van der Waals surface area contributed by atoms with Gasteiger partial charge < -0.3 is 10.2 Å². The molecule has 25 heavy (non-hydrogen) atoms. The summed E-state index contributed by atoms with van der Waals surface area (Å²) in [4.78, 5) is 11.0. The first-order chi connectivity index (χ1) is 12.2. The lowest BCUT2D eigenvalue weighted by Crippen LogP contribution is -2.38. The van der Waals surface area contributed by atoms with E-state index in [1.54, 1.807) is 24.6 Å². The van der Waals surface area contributed by atoms with Crippen molar-refractivity contribution in [2.45, 2.75) is 20.0 Å². The van der Waals surface area contributed by atoms with Crippen LogP contribution in [0, 0.1) is 6.92 Å². The number of benzene rings is 1.